The second-order valence-electron chi connectivity index (χ2n) is 7.60. The van der Waals surface area contributed by atoms with Gasteiger partial charge in [-0.15, -0.1) is 0 Å². The van der Waals surface area contributed by atoms with Crippen molar-refractivity contribution in [1.82, 2.24) is 24.1 Å². The highest BCUT2D eigenvalue weighted by atomic mass is 19.2. The first kappa shape index (κ1) is 19.3. The van der Waals surface area contributed by atoms with E-state index in [1.54, 1.807) is 11.9 Å². The first-order valence-corrected chi connectivity index (χ1v) is 9.77. The maximum atomic E-state index is 13.8. The molecule has 0 saturated carbocycles. The van der Waals surface area contributed by atoms with E-state index in [-0.39, 0.29) is 18.0 Å². The Balaban J connectivity index is 1.48. The number of halogens is 3. The molecule has 31 heavy (non-hydrogen) atoms. The number of benzene rings is 1. The number of aromatic nitrogens is 4. The standard InChI is InChI=1S/C22H18F3N5O/c1-12-20(26-18-5-3-4-7-30(12)18)22(31)29-8-6-14-17(11-29)27-28(2)21(14)13-9-15(23)19(25)16(24)10-13/h3-5,7,9-10H,6,8,11H2,1-2H3. The predicted molar refractivity (Wildman–Crippen MR) is 107 cm³/mol. The lowest BCUT2D eigenvalue weighted by molar-refractivity contribution is 0.0726. The minimum atomic E-state index is -1.50. The van der Waals surface area contributed by atoms with Gasteiger partial charge in [0.15, 0.2) is 17.5 Å². The van der Waals surface area contributed by atoms with Gasteiger partial charge in [-0.1, -0.05) is 6.07 Å². The summed E-state index contributed by atoms with van der Waals surface area (Å²) in [4.78, 5) is 19.3. The molecule has 6 nitrogen and oxygen atoms in total. The van der Waals surface area contributed by atoms with Gasteiger partial charge in [0, 0.05) is 30.9 Å². The number of hydrogen-bond acceptors (Lipinski definition) is 3. The monoisotopic (exact) mass is 425 g/mol. The van der Waals surface area contributed by atoms with Crippen LogP contribution in [0.1, 0.15) is 27.4 Å². The molecule has 0 saturated heterocycles. The van der Waals surface area contributed by atoms with Gasteiger partial charge in [-0.3, -0.25) is 9.48 Å². The third-order valence-electron chi connectivity index (χ3n) is 5.72. The van der Waals surface area contributed by atoms with E-state index in [0.717, 1.165) is 23.4 Å². The number of aryl methyl sites for hydroxylation is 2. The number of rotatable bonds is 2. The van der Waals surface area contributed by atoms with Crippen molar-refractivity contribution in [3.63, 3.8) is 0 Å². The number of hydrogen-bond donors (Lipinski definition) is 0. The van der Waals surface area contributed by atoms with Crippen LogP contribution in [0, 0.1) is 24.4 Å². The third kappa shape index (κ3) is 2.99. The summed E-state index contributed by atoms with van der Waals surface area (Å²) in [6.45, 7) is 2.50. The number of fused-ring (bicyclic) bond motifs is 2. The summed E-state index contributed by atoms with van der Waals surface area (Å²) in [5.41, 5.74) is 4.00. The van der Waals surface area contributed by atoms with Crippen molar-refractivity contribution < 1.29 is 18.0 Å². The summed E-state index contributed by atoms with van der Waals surface area (Å²) in [6.07, 6.45) is 2.31. The molecule has 5 rings (SSSR count). The smallest absolute Gasteiger partial charge is 0.274 e. The molecule has 0 fully saturated rings. The Kier molecular flexibility index (Phi) is 4.35. The molecule has 9 heteroatoms. The van der Waals surface area contributed by atoms with Crippen LogP contribution in [0.3, 0.4) is 0 Å². The minimum Gasteiger partial charge on any atom is -0.331 e. The summed E-state index contributed by atoms with van der Waals surface area (Å²) in [7, 11) is 1.66. The molecular formula is C22H18F3N5O. The molecule has 0 spiro atoms. The fraction of sp³-hybridized carbons (Fsp3) is 0.227. The van der Waals surface area contributed by atoms with Crippen molar-refractivity contribution in [2.24, 2.45) is 7.05 Å². The zero-order chi connectivity index (χ0) is 21.9. The van der Waals surface area contributed by atoms with Gasteiger partial charge in [0.1, 0.15) is 11.3 Å². The molecule has 1 amide bonds. The molecule has 0 atom stereocenters. The molecule has 0 N–H and O–H groups in total. The number of carbonyl (C=O) groups excluding carboxylic acids is 1. The molecule has 158 valence electrons. The van der Waals surface area contributed by atoms with Crippen LogP contribution >= 0.6 is 0 Å². The van der Waals surface area contributed by atoms with E-state index in [9.17, 15) is 18.0 Å². The number of pyridine rings is 1. The molecule has 0 bridgehead atoms. The molecule has 4 aromatic rings. The number of carbonyl (C=O) groups is 1. The quantitative estimate of drug-likeness (QED) is 0.461. The summed E-state index contributed by atoms with van der Waals surface area (Å²) >= 11 is 0. The van der Waals surface area contributed by atoms with E-state index in [0.29, 0.717) is 35.7 Å². The van der Waals surface area contributed by atoms with Crippen LogP contribution in [0.25, 0.3) is 16.9 Å². The maximum Gasteiger partial charge on any atom is 0.274 e. The Labute approximate surface area is 175 Å². The minimum absolute atomic E-state index is 0.196. The first-order valence-electron chi connectivity index (χ1n) is 9.77. The topological polar surface area (TPSA) is 55.4 Å². The number of imidazole rings is 1. The average Bonchev–Trinajstić information content (AvgIpc) is 3.27. The first-order chi connectivity index (χ1) is 14.8. The van der Waals surface area contributed by atoms with Gasteiger partial charge in [0.05, 0.1) is 23.6 Å². The highest BCUT2D eigenvalue weighted by Crippen LogP contribution is 2.32. The Morgan fingerprint density at radius 1 is 1.13 bits per heavy atom. The largest absolute Gasteiger partial charge is 0.331 e. The molecule has 3 aromatic heterocycles. The van der Waals surface area contributed by atoms with Crippen LogP contribution < -0.4 is 0 Å². The summed E-state index contributed by atoms with van der Waals surface area (Å²) in [5, 5.41) is 4.46. The Hall–Kier alpha value is -3.62. The Bertz CT molecular complexity index is 1330. The van der Waals surface area contributed by atoms with Gasteiger partial charge in [0.25, 0.3) is 5.91 Å². The van der Waals surface area contributed by atoms with E-state index >= 15 is 0 Å². The molecule has 1 aromatic carbocycles. The molecular weight excluding hydrogens is 407 g/mol. The van der Waals surface area contributed by atoms with Crippen LogP contribution in [0.2, 0.25) is 0 Å². The average molecular weight is 425 g/mol. The fourth-order valence-corrected chi connectivity index (χ4v) is 4.22. The van der Waals surface area contributed by atoms with Gasteiger partial charge in [-0.2, -0.15) is 5.10 Å². The SMILES string of the molecule is Cc1c(C(=O)N2CCc3c(nn(C)c3-c3cc(F)c(F)c(F)c3)C2)nc2ccccn12. The van der Waals surface area contributed by atoms with Crippen LogP contribution in [0.15, 0.2) is 36.5 Å². The van der Waals surface area contributed by atoms with Crippen molar-refractivity contribution in [3.8, 4) is 11.3 Å². The lowest BCUT2D eigenvalue weighted by Crippen LogP contribution is -2.36. The van der Waals surface area contributed by atoms with Gasteiger partial charge in [-0.05, 0) is 37.6 Å². The maximum absolute atomic E-state index is 13.8. The van der Waals surface area contributed by atoms with Crippen molar-refractivity contribution in [3.05, 3.63) is 76.6 Å². The van der Waals surface area contributed by atoms with Crippen molar-refractivity contribution in [1.29, 1.82) is 0 Å². The number of nitrogens with zero attached hydrogens (tertiary/aromatic N) is 5. The molecule has 0 radical (unpaired) electrons. The zero-order valence-corrected chi connectivity index (χ0v) is 16.9. The molecule has 0 unspecified atom stereocenters. The number of amides is 1. The van der Waals surface area contributed by atoms with Crippen LogP contribution in [0.5, 0.6) is 0 Å². The third-order valence-corrected chi connectivity index (χ3v) is 5.72. The van der Waals surface area contributed by atoms with Crippen LogP contribution in [0.4, 0.5) is 13.2 Å². The fourth-order valence-electron chi connectivity index (χ4n) is 4.22. The second-order valence-corrected chi connectivity index (χ2v) is 7.60. The lowest BCUT2D eigenvalue weighted by Gasteiger charge is -2.26. The highest BCUT2D eigenvalue weighted by Gasteiger charge is 2.30. The van der Waals surface area contributed by atoms with Crippen LogP contribution in [-0.2, 0) is 20.0 Å². The van der Waals surface area contributed by atoms with E-state index in [1.807, 2.05) is 35.7 Å². The molecule has 0 aliphatic carbocycles. The van der Waals surface area contributed by atoms with Crippen LogP contribution in [-0.4, -0.2) is 36.5 Å². The van der Waals surface area contributed by atoms with Gasteiger partial charge in [-0.25, -0.2) is 18.2 Å². The Morgan fingerprint density at radius 2 is 1.87 bits per heavy atom. The summed E-state index contributed by atoms with van der Waals surface area (Å²) < 4.78 is 44.3. The van der Waals surface area contributed by atoms with E-state index < -0.39 is 17.5 Å². The van der Waals surface area contributed by atoms with Crippen molar-refractivity contribution in [2.75, 3.05) is 6.54 Å². The molecule has 1 aliphatic heterocycles. The van der Waals surface area contributed by atoms with E-state index in [1.165, 1.54) is 4.68 Å². The Morgan fingerprint density at radius 3 is 2.58 bits per heavy atom. The second kappa shape index (κ2) is 6.97. The predicted octanol–water partition coefficient (Wildman–Crippen LogP) is 3.66. The lowest BCUT2D eigenvalue weighted by atomic mass is 9.99. The summed E-state index contributed by atoms with van der Waals surface area (Å²) in [5.74, 6) is -4.20. The van der Waals surface area contributed by atoms with Crippen molar-refractivity contribution in [2.45, 2.75) is 19.9 Å². The molecule has 1 aliphatic rings. The van der Waals surface area contributed by atoms with Gasteiger partial charge < -0.3 is 9.30 Å². The van der Waals surface area contributed by atoms with Crippen molar-refractivity contribution >= 4 is 11.6 Å². The molecule has 4 heterocycles. The highest BCUT2D eigenvalue weighted by molar-refractivity contribution is 5.94. The summed E-state index contributed by atoms with van der Waals surface area (Å²) in [6, 6.07) is 7.50. The van der Waals surface area contributed by atoms with Gasteiger partial charge in [0.2, 0.25) is 0 Å². The zero-order valence-electron chi connectivity index (χ0n) is 16.9. The van der Waals surface area contributed by atoms with Gasteiger partial charge >= 0.3 is 0 Å². The van der Waals surface area contributed by atoms with E-state index in [4.69, 9.17) is 0 Å². The normalized spacial score (nSPS) is 13.6. The van der Waals surface area contributed by atoms with E-state index in [2.05, 4.69) is 10.1 Å².